The lowest BCUT2D eigenvalue weighted by Crippen LogP contribution is -2.12. The van der Waals surface area contributed by atoms with Gasteiger partial charge in [-0.1, -0.05) is 70.9 Å². The summed E-state index contributed by atoms with van der Waals surface area (Å²) in [6.45, 7) is 4.46. The summed E-state index contributed by atoms with van der Waals surface area (Å²) in [7, 11) is 0. The fourth-order valence-electron chi connectivity index (χ4n) is 3.75. The van der Waals surface area contributed by atoms with E-state index in [0.717, 1.165) is 25.7 Å². The number of halogens is 3. The number of hydrogen-bond donors (Lipinski definition) is 0. The maximum Gasteiger partial charge on any atom is 0.389 e. The molecule has 0 aromatic rings. The summed E-state index contributed by atoms with van der Waals surface area (Å²) in [5.74, 6) is 1.88. The van der Waals surface area contributed by atoms with Crippen molar-refractivity contribution in [2.75, 3.05) is 0 Å². The summed E-state index contributed by atoms with van der Waals surface area (Å²) in [4.78, 5) is 0. The standard InChI is InChI=1S/C20H35F3/c1-3-18(13-10-16-20(21,22)23)12-9-11-17(2)19-14-7-5-4-6-8-15-19/h7,14,17-19H,3-6,8-13,15-16H2,1-2H3. The molecule has 136 valence electrons. The summed E-state index contributed by atoms with van der Waals surface area (Å²) in [6, 6.07) is 0. The van der Waals surface area contributed by atoms with Gasteiger partial charge in [0.05, 0.1) is 0 Å². The van der Waals surface area contributed by atoms with Crippen LogP contribution in [0.2, 0.25) is 0 Å². The van der Waals surface area contributed by atoms with Gasteiger partial charge in [0.1, 0.15) is 0 Å². The van der Waals surface area contributed by atoms with Crippen molar-refractivity contribution in [2.24, 2.45) is 17.8 Å². The summed E-state index contributed by atoms with van der Waals surface area (Å²) in [5, 5.41) is 0. The molecular formula is C20H35F3. The first-order valence-electron chi connectivity index (χ1n) is 9.65. The van der Waals surface area contributed by atoms with Crippen molar-refractivity contribution in [1.82, 2.24) is 0 Å². The van der Waals surface area contributed by atoms with Gasteiger partial charge < -0.3 is 0 Å². The molecule has 0 bridgehead atoms. The van der Waals surface area contributed by atoms with Gasteiger partial charge in [-0.15, -0.1) is 0 Å². The first kappa shape index (κ1) is 20.6. The van der Waals surface area contributed by atoms with Gasteiger partial charge in [0.2, 0.25) is 0 Å². The van der Waals surface area contributed by atoms with Crippen molar-refractivity contribution < 1.29 is 13.2 Å². The molecule has 0 saturated carbocycles. The van der Waals surface area contributed by atoms with Crippen LogP contribution in [0.3, 0.4) is 0 Å². The van der Waals surface area contributed by atoms with E-state index in [1.54, 1.807) is 0 Å². The Bertz CT molecular complexity index is 319. The molecule has 3 unspecified atom stereocenters. The molecule has 0 aliphatic heterocycles. The summed E-state index contributed by atoms with van der Waals surface area (Å²) >= 11 is 0. The van der Waals surface area contributed by atoms with Crippen molar-refractivity contribution in [3.63, 3.8) is 0 Å². The highest BCUT2D eigenvalue weighted by atomic mass is 19.4. The molecule has 0 fully saturated rings. The lowest BCUT2D eigenvalue weighted by atomic mass is 9.82. The van der Waals surface area contributed by atoms with Gasteiger partial charge in [-0.2, -0.15) is 13.2 Å². The molecule has 1 aliphatic rings. The second kappa shape index (κ2) is 11.1. The Hall–Kier alpha value is -0.470. The minimum absolute atomic E-state index is 0.295. The maximum absolute atomic E-state index is 12.2. The minimum Gasteiger partial charge on any atom is -0.171 e. The number of hydrogen-bond acceptors (Lipinski definition) is 0. The van der Waals surface area contributed by atoms with Gasteiger partial charge in [-0.05, 0) is 43.4 Å². The van der Waals surface area contributed by atoms with Gasteiger partial charge >= 0.3 is 6.18 Å². The number of alkyl halides is 3. The fraction of sp³-hybridized carbons (Fsp3) is 0.900. The quantitative estimate of drug-likeness (QED) is 0.380. The third kappa shape index (κ3) is 10.1. The van der Waals surface area contributed by atoms with E-state index in [4.69, 9.17) is 0 Å². The Labute approximate surface area is 140 Å². The van der Waals surface area contributed by atoms with Gasteiger partial charge in [-0.25, -0.2) is 0 Å². The smallest absolute Gasteiger partial charge is 0.171 e. The van der Waals surface area contributed by atoms with E-state index in [1.807, 2.05) is 0 Å². The molecule has 1 aliphatic carbocycles. The zero-order valence-electron chi connectivity index (χ0n) is 15.0. The van der Waals surface area contributed by atoms with Crippen LogP contribution < -0.4 is 0 Å². The van der Waals surface area contributed by atoms with Crippen LogP contribution >= 0.6 is 0 Å². The SMILES string of the molecule is CCC(CCCC(C)C1C=CCCCCC1)CCCC(F)(F)F. The largest absolute Gasteiger partial charge is 0.389 e. The molecule has 0 spiro atoms. The van der Waals surface area contributed by atoms with Crippen molar-refractivity contribution in [3.8, 4) is 0 Å². The summed E-state index contributed by atoms with van der Waals surface area (Å²) < 4.78 is 36.7. The molecule has 0 N–H and O–H groups in total. The molecule has 0 nitrogen and oxygen atoms in total. The van der Waals surface area contributed by atoms with Gasteiger partial charge in [-0.3, -0.25) is 0 Å². The second-order valence-electron chi connectivity index (χ2n) is 7.42. The van der Waals surface area contributed by atoms with Crippen LogP contribution in [0.1, 0.15) is 90.9 Å². The first-order valence-corrected chi connectivity index (χ1v) is 9.65. The fourth-order valence-corrected chi connectivity index (χ4v) is 3.75. The van der Waals surface area contributed by atoms with Gasteiger partial charge in [0.15, 0.2) is 0 Å². The van der Waals surface area contributed by atoms with E-state index >= 15 is 0 Å². The highest BCUT2D eigenvalue weighted by Crippen LogP contribution is 2.30. The Morgan fingerprint density at radius 1 is 1.04 bits per heavy atom. The van der Waals surface area contributed by atoms with Crippen molar-refractivity contribution in [3.05, 3.63) is 12.2 Å². The average Bonchev–Trinajstić information content (AvgIpc) is 2.43. The summed E-state index contributed by atoms with van der Waals surface area (Å²) in [5.41, 5.74) is 0. The molecule has 0 radical (unpaired) electrons. The topological polar surface area (TPSA) is 0 Å². The number of rotatable bonds is 9. The van der Waals surface area contributed by atoms with Crippen LogP contribution in [0.5, 0.6) is 0 Å². The monoisotopic (exact) mass is 332 g/mol. The lowest BCUT2D eigenvalue weighted by molar-refractivity contribution is -0.136. The Balaban J connectivity index is 2.23. The van der Waals surface area contributed by atoms with Crippen LogP contribution in [-0.2, 0) is 0 Å². The molecule has 1 rings (SSSR count). The molecule has 0 amide bonds. The average molecular weight is 332 g/mol. The van der Waals surface area contributed by atoms with Crippen LogP contribution in [0.25, 0.3) is 0 Å². The molecule has 23 heavy (non-hydrogen) atoms. The predicted octanol–water partition coefficient (Wildman–Crippen LogP) is 7.69. The van der Waals surface area contributed by atoms with E-state index in [1.165, 1.54) is 38.5 Å². The van der Waals surface area contributed by atoms with Crippen LogP contribution in [0, 0.1) is 17.8 Å². The van der Waals surface area contributed by atoms with Crippen molar-refractivity contribution in [2.45, 2.75) is 97.1 Å². The van der Waals surface area contributed by atoms with Crippen molar-refractivity contribution in [1.29, 1.82) is 0 Å². The van der Waals surface area contributed by atoms with E-state index in [9.17, 15) is 13.2 Å². The van der Waals surface area contributed by atoms with E-state index in [-0.39, 0.29) is 0 Å². The Kier molecular flexibility index (Phi) is 9.97. The van der Waals surface area contributed by atoms with Crippen LogP contribution in [0.15, 0.2) is 12.2 Å². The Morgan fingerprint density at radius 2 is 1.78 bits per heavy atom. The molecule has 0 saturated heterocycles. The number of allylic oxidation sites excluding steroid dienone is 2. The predicted molar refractivity (Wildman–Crippen MR) is 92.4 cm³/mol. The third-order valence-corrected chi connectivity index (χ3v) is 5.44. The second-order valence-corrected chi connectivity index (χ2v) is 7.42. The zero-order chi connectivity index (χ0) is 17.1. The van der Waals surface area contributed by atoms with Crippen molar-refractivity contribution >= 4 is 0 Å². The Morgan fingerprint density at radius 3 is 2.48 bits per heavy atom. The van der Waals surface area contributed by atoms with Crippen LogP contribution in [0.4, 0.5) is 13.2 Å². The first-order chi connectivity index (χ1) is 10.9. The lowest BCUT2D eigenvalue weighted by Gasteiger charge is -2.23. The summed E-state index contributed by atoms with van der Waals surface area (Å²) in [6.07, 6.45) is 12.2. The van der Waals surface area contributed by atoms with Gasteiger partial charge in [0.25, 0.3) is 0 Å². The molecule has 0 heterocycles. The van der Waals surface area contributed by atoms with Gasteiger partial charge in [0, 0.05) is 6.42 Å². The van der Waals surface area contributed by atoms with E-state index in [2.05, 4.69) is 26.0 Å². The molecule has 3 heteroatoms. The molecular weight excluding hydrogens is 297 g/mol. The maximum atomic E-state index is 12.2. The highest BCUT2D eigenvalue weighted by molar-refractivity contribution is 4.92. The zero-order valence-corrected chi connectivity index (χ0v) is 15.0. The highest BCUT2D eigenvalue weighted by Gasteiger charge is 2.26. The molecule has 0 aromatic heterocycles. The van der Waals surface area contributed by atoms with E-state index < -0.39 is 12.6 Å². The third-order valence-electron chi connectivity index (χ3n) is 5.44. The normalized spacial score (nSPS) is 22.4. The molecule has 3 atom stereocenters. The molecule has 0 aromatic carbocycles. The van der Waals surface area contributed by atoms with E-state index in [0.29, 0.717) is 24.2 Å². The van der Waals surface area contributed by atoms with Crippen LogP contribution in [-0.4, -0.2) is 6.18 Å². The minimum atomic E-state index is -3.99.